The van der Waals surface area contributed by atoms with Crippen LogP contribution in [0.5, 0.6) is 0 Å². The van der Waals surface area contributed by atoms with Gasteiger partial charge in [-0.15, -0.1) is 5.10 Å². The summed E-state index contributed by atoms with van der Waals surface area (Å²) in [6.45, 7) is 0. The molecule has 10 nitrogen and oxygen atoms in total. The highest BCUT2D eigenvalue weighted by Gasteiger charge is 2.15. The Hall–Kier alpha value is -2.57. The van der Waals surface area contributed by atoms with Gasteiger partial charge in [-0.05, 0) is 46.0 Å². The maximum absolute atomic E-state index is 11.9. The molecule has 1 N–H and O–H groups in total. The first kappa shape index (κ1) is 17.3. The molecule has 13 heteroatoms. The lowest BCUT2D eigenvalue weighted by molar-refractivity contribution is -0.380. The molecule has 0 saturated heterocycles. The molecule has 25 heavy (non-hydrogen) atoms. The van der Waals surface area contributed by atoms with Gasteiger partial charge >= 0.3 is 5.00 Å². The van der Waals surface area contributed by atoms with Crippen LogP contribution >= 0.6 is 34.7 Å². The second kappa shape index (κ2) is 7.55. The van der Waals surface area contributed by atoms with Gasteiger partial charge in [0.25, 0.3) is 0 Å². The average Bonchev–Trinajstić information content (AvgIpc) is 3.23. The monoisotopic (exact) mass is 397 g/mol. The summed E-state index contributed by atoms with van der Waals surface area (Å²) >= 11 is 7.75. The highest BCUT2D eigenvalue weighted by molar-refractivity contribution is 7.99. The summed E-state index contributed by atoms with van der Waals surface area (Å²) in [7, 11) is 0. The Morgan fingerprint density at radius 3 is 2.84 bits per heavy atom. The summed E-state index contributed by atoms with van der Waals surface area (Å²) in [5.41, 5.74) is 0.702. The summed E-state index contributed by atoms with van der Waals surface area (Å²) < 4.78 is 1.47. The van der Waals surface area contributed by atoms with Gasteiger partial charge in [-0.3, -0.25) is 14.9 Å². The van der Waals surface area contributed by atoms with Crippen molar-refractivity contribution in [3.63, 3.8) is 0 Å². The summed E-state index contributed by atoms with van der Waals surface area (Å²) in [5, 5.41) is 25.5. The molecule has 3 aromatic rings. The number of nitrogens with zero attached hydrogens (tertiary/aromatic N) is 6. The van der Waals surface area contributed by atoms with Crippen molar-refractivity contribution in [1.29, 1.82) is 0 Å². The quantitative estimate of drug-likeness (QED) is 0.381. The molecule has 0 aliphatic rings. The van der Waals surface area contributed by atoms with E-state index in [1.54, 1.807) is 24.3 Å². The number of hydrogen-bond acceptors (Lipinski definition) is 9. The first-order valence-electron chi connectivity index (χ1n) is 6.60. The van der Waals surface area contributed by atoms with Gasteiger partial charge in [0.1, 0.15) is 6.20 Å². The molecule has 0 atom stereocenters. The van der Waals surface area contributed by atoms with E-state index in [1.165, 1.54) is 4.68 Å². The van der Waals surface area contributed by atoms with E-state index in [4.69, 9.17) is 11.6 Å². The van der Waals surface area contributed by atoms with Crippen LogP contribution in [-0.4, -0.2) is 41.8 Å². The van der Waals surface area contributed by atoms with Crippen LogP contribution < -0.4 is 5.32 Å². The number of anilines is 1. The number of nitro groups is 1. The van der Waals surface area contributed by atoms with Crippen molar-refractivity contribution in [3.05, 3.63) is 45.6 Å². The minimum atomic E-state index is -0.567. The molecule has 128 valence electrons. The molecular weight excluding hydrogens is 390 g/mol. The summed E-state index contributed by atoms with van der Waals surface area (Å²) in [6.07, 6.45) is 1.09. The number of carbonyl (C=O) groups is 1. The highest BCUT2D eigenvalue weighted by Crippen LogP contribution is 2.25. The van der Waals surface area contributed by atoms with E-state index >= 15 is 0 Å². The van der Waals surface area contributed by atoms with Crippen LogP contribution in [0.3, 0.4) is 0 Å². The van der Waals surface area contributed by atoms with Crippen LogP contribution in [0, 0.1) is 10.1 Å². The Bertz CT molecular complexity index is 912. The van der Waals surface area contributed by atoms with Gasteiger partial charge in [-0.2, -0.15) is 4.68 Å². The lowest BCUT2D eigenvalue weighted by atomic mass is 10.3. The number of tetrazole rings is 1. The fraction of sp³-hybridized carbons (Fsp3) is 0.0833. The topological polar surface area (TPSA) is 129 Å². The maximum atomic E-state index is 11.9. The van der Waals surface area contributed by atoms with E-state index in [1.807, 2.05) is 0 Å². The molecule has 1 amide bonds. The summed E-state index contributed by atoms with van der Waals surface area (Å²) in [6, 6.07) is 6.90. The Balaban J connectivity index is 1.62. The van der Waals surface area contributed by atoms with E-state index in [0.29, 0.717) is 15.9 Å². The Morgan fingerprint density at radius 2 is 2.16 bits per heavy atom. The van der Waals surface area contributed by atoms with E-state index in [9.17, 15) is 14.9 Å². The third-order valence-electron chi connectivity index (χ3n) is 2.76. The van der Waals surface area contributed by atoms with Gasteiger partial charge in [0.2, 0.25) is 11.1 Å². The van der Waals surface area contributed by atoms with E-state index in [2.05, 4.69) is 25.8 Å². The average molecular weight is 398 g/mol. The van der Waals surface area contributed by atoms with Crippen molar-refractivity contribution >= 4 is 50.7 Å². The molecule has 1 aromatic carbocycles. The minimum Gasteiger partial charge on any atom is -0.301 e. The third-order valence-corrected chi connectivity index (χ3v) is 4.80. The van der Waals surface area contributed by atoms with Crippen LogP contribution in [-0.2, 0) is 4.79 Å². The third kappa shape index (κ3) is 4.29. The van der Waals surface area contributed by atoms with Gasteiger partial charge in [-0.1, -0.05) is 23.4 Å². The van der Waals surface area contributed by atoms with Crippen LogP contribution in [0.2, 0.25) is 5.02 Å². The lowest BCUT2D eigenvalue weighted by Crippen LogP contribution is -2.14. The molecule has 0 aliphatic carbocycles. The van der Waals surface area contributed by atoms with Crippen molar-refractivity contribution < 1.29 is 9.72 Å². The molecule has 0 spiro atoms. The molecule has 0 saturated carbocycles. The predicted octanol–water partition coefficient (Wildman–Crippen LogP) is 2.41. The summed E-state index contributed by atoms with van der Waals surface area (Å²) in [5.74, 6) is -0.360. The molecule has 0 aliphatic heterocycles. The number of carbonyl (C=O) groups excluding carboxylic acids is 1. The van der Waals surface area contributed by atoms with Crippen LogP contribution in [0.1, 0.15) is 0 Å². The Morgan fingerprint density at radius 1 is 1.40 bits per heavy atom. The molecule has 2 aromatic heterocycles. The Kier molecular flexibility index (Phi) is 5.21. The number of thioether (sulfide) groups is 1. The molecule has 0 fully saturated rings. The fourth-order valence-electron chi connectivity index (χ4n) is 1.71. The maximum Gasteiger partial charge on any atom is 0.345 e. The van der Waals surface area contributed by atoms with Crippen molar-refractivity contribution in [3.8, 4) is 5.69 Å². The molecule has 0 unspecified atom stereocenters. The highest BCUT2D eigenvalue weighted by atomic mass is 35.5. The standard InChI is InChI=1S/C12H8ClN7O3S2/c13-7-1-3-8(4-2-7)19-12(16-17-18-19)24-6-9(21)15-11-14-5-10(25-11)20(22)23/h1-5H,6H2,(H,14,15,21). The van der Waals surface area contributed by atoms with Crippen molar-refractivity contribution in [2.45, 2.75) is 5.16 Å². The number of nitrogens with one attached hydrogen (secondary N) is 1. The minimum absolute atomic E-state index is 0.0152. The largest absolute Gasteiger partial charge is 0.345 e. The van der Waals surface area contributed by atoms with Gasteiger partial charge in [-0.25, -0.2) is 4.98 Å². The zero-order valence-electron chi connectivity index (χ0n) is 12.2. The lowest BCUT2D eigenvalue weighted by Gasteiger charge is -2.04. The number of benzene rings is 1. The van der Waals surface area contributed by atoms with Gasteiger partial charge < -0.3 is 5.32 Å². The Labute approximate surface area is 153 Å². The zero-order valence-corrected chi connectivity index (χ0v) is 14.6. The van der Waals surface area contributed by atoms with Crippen LogP contribution in [0.4, 0.5) is 10.1 Å². The number of rotatable bonds is 6. The SMILES string of the molecule is O=C(CSc1nnnn1-c1ccc(Cl)cc1)Nc1ncc([N+](=O)[O-])s1. The van der Waals surface area contributed by atoms with E-state index in [0.717, 1.165) is 29.3 Å². The fourth-order valence-corrected chi connectivity index (χ4v) is 3.17. The number of halogens is 1. The number of aromatic nitrogens is 5. The van der Waals surface area contributed by atoms with Crippen molar-refractivity contribution in [2.24, 2.45) is 0 Å². The van der Waals surface area contributed by atoms with Gasteiger partial charge in [0.05, 0.1) is 16.4 Å². The molecule has 2 heterocycles. The predicted molar refractivity (Wildman–Crippen MR) is 92.3 cm³/mol. The smallest absolute Gasteiger partial charge is 0.301 e. The second-order valence-corrected chi connectivity index (χ2v) is 6.84. The van der Waals surface area contributed by atoms with Crippen molar-refractivity contribution in [2.75, 3.05) is 11.1 Å². The second-order valence-electron chi connectivity index (χ2n) is 4.45. The first-order valence-corrected chi connectivity index (χ1v) is 8.78. The number of thiazole rings is 1. The van der Waals surface area contributed by atoms with Crippen molar-refractivity contribution in [1.82, 2.24) is 25.2 Å². The number of amides is 1. The zero-order chi connectivity index (χ0) is 17.8. The van der Waals surface area contributed by atoms with Crippen LogP contribution in [0.25, 0.3) is 5.69 Å². The summed E-state index contributed by atoms with van der Waals surface area (Å²) in [4.78, 5) is 25.8. The van der Waals surface area contributed by atoms with Gasteiger partial charge in [0.15, 0.2) is 5.13 Å². The molecule has 0 bridgehead atoms. The van der Waals surface area contributed by atoms with Crippen LogP contribution in [0.15, 0.2) is 35.6 Å². The van der Waals surface area contributed by atoms with Gasteiger partial charge in [0, 0.05) is 5.02 Å². The molecular formula is C12H8ClN7O3S2. The normalized spacial score (nSPS) is 10.6. The molecule has 3 rings (SSSR count). The molecule has 0 radical (unpaired) electrons. The van der Waals surface area contributed by atoms with E-state index < -0.39 is 4.92 Å². The first-order chi connectivity index (χ1) is 12.0. The van der Waals surface area contributed by atoms with E-state index in [-0.39, 0.29) is 21.8 Å². The number of hydrogen-bond donors (Lipinski definition) is 1.